The third-order valence-corrected chi connectivity index (χ3v) is 3.53. The standard InChI is InChI=1S/C13H17N3O/c1-9-15-12-3-2-11(17)6-13(12)16(9)8-10-4-5-14-7-10/h2-3,6,10,14,17H,4-5,7-8H2,1H3. The van der Waals surface area contributed by atoms with Crippen LogP contribution < -0.4 is 5.32 Å². The highest BCUT2D eigenvalue weighted by Crippen LogP contribution is 2.23. The minimum Gasteiger partial charge on any atom is -0.508 e. The maximum atomic E-state index is 9.57. The largest absolute Gasteiger partial charge is 0.508 e. The Morgan fingerprint density at radius 3 is 3.18 bits per heavy atom. The van der Waals surface area contributed by atoms with Crippen molar-refractivity contribution in [1.82, 2.24) is 14.9 Å². The quantitative estimate of drug-likeness (QED) is 0.826. The first-order valence-corrected chi connectivity index (χ1v) is 6.10. The van der Waals surface area contributed by atoms with Gasteiger partial charge in [-0.15, -0.1) is 0 Å². The van der Waals surface area contributed by atoms with Crippen LogP contribution in [0.5, 0.6) is 5.75 Å². The van der Waals surface area contributed by atoms with Gasteiger partial charge in [0.15, 0.2) is 0 Å². The maximum Gasteiger partial charge on any atom is 0.117 e. The van der Waals surface area contributed by atoms with Gasteiger partial charge in [0, 0.05) is 12.6 Å². The molecule has 0 bridgehead atoms. The Balaban J connectivity index is 2.01. The van der Waals surface area contributed by atoms with Crippen molar-refractivity contribution >= 4 is 11.0 Å². The number of aromatic hydroxyl groups is 1. The van der Waals surface area contributed by atoms with Crippen molar-refractivity contribution < 1.29 is 5.11 Å². The molecule has 2 aromatic rings. The Hall–Kier alpha value is -1.55. The van der Waals surface area contributed by atoms with E-state index in [1.165, 1.54) is 6.42 Å². The third-order valence-electron chi connectivity index (χ3n) is 3.53. The first-order chi connectivity index (χ1) is 8.24. The summed E-state index contributed by atoms with van der Waals surface area (Å²) in [6, 6.07) is 5.37. The fourth-order valence-corrected chi connectivity index (χ4v) is 2.59. The van der Waals surface area contributed by atoms with Crippen molar-refractivity contribution in [3.8, 4) is 5.75 Å². The summed E-state index contributed by atoms with van der Waals surface area (Å²) < 4.78 is 2.22. The predicted octanol–water partition coefficient (Wildman–Crippen LogP) is 1.66. The van der Waals surface area contributed by atoms with Crippen LogP contribution in [0.4, 0.5) is 0 Å². The van der Waals surface area contributed by atoms with E-state index in [0.29, 0.717) is 11.7 Å². The second-order valence-corrected chi connectivity index (χ2v) is 4.80. The van der Waals surface area contributed by atoms with Crippen LogP contribution in [0, 0.1) is 12.8 Å². The summed E-state index contributed by atoms with van der Waals surface area (Å²) in [7, 11) is 0. The number of nitrogens with one attached hydrogen (secondary N) is 1. The van der Waals surface area contributed by atoms with Gasteiger partial charge in [0.25, 0.3) is 0 Å². The van der Waals surface area contributed by atoms with Crippen molar-refractivity contribution in [1.29, 1.82) is 0 Å². The van der Waals surface area contributed by atoms with E-state index in [1.807, 2.05) is 13.0 Å². The lowest BCUT2D eigenvalue weighted by molar-refractivity contribution is 0.472. The monoisotopic (exact) mass is 231 g/mol. The molecule has 1 atom stereocenters. The van der Waals surface area contributed by atoms with E-state index in [2.05, 4.69) is 14.9 Å². The van der Waals surface area contributed by atoms with Gasteiger partial charge in [-0.1, -0.05) is 0 Å². The molecular formula is C13H17N3O. The summed E-state index contributed by atoms with van der Waals surface area (Å²) in [6.07, 6.45) is 1.22. The van der Waals surface area contributed by atoms with Gasteiger partial charge in [-0.05, 0) is 44.5 Å². The molecule has 0 aliphatic carbocycles. The molecule has 1 aliphatic heterocycles. The van der Waals surface area contributed by atoms with E-state index in [4.69, 9.17) is 0 Å². The second kappa shape index (κ2) is 4.04. The SMILES string of the molecule is Cc1nc2ccc(O)cc2n1CC1CCNC1. The molecule has 1 fully saturated rings. The second-order valence-electron chi connectivity index (χ2n) is 4.80. The topological polar surface area (TPSA) is 50.1 Å². The fraction of sp³-hybridized carbons (Fsp3) is 0.462. The normalized spacial score (nSPS) is 20.2. The van der Waals surface area contributed by atoms with E-state index in [1.54, 1.807) is 12.1 Å². The molecule has 17 heavy (non-hydrogen) atoms. The van der Waals surface area contributed by atoms with Crippen molar-refractivity contribution in [2.75, 3.05) is 13.1 Å². The zero-order chi connectivity index (χ0) is 11.8. The molecule has 4 nitrogen and oxygen atoms in total. The zero-order valence-electron chi connectivity index (χ0n) is 9.98. The number of imidazole rings is 1. The first-order valence-electron chi connectivity index (χ1n) is 6.10. The van der Waals surface area contributed by atoms with Crippen LogP contribution in [0.1, 0.15) is 12.2 Å². The summed E-state index contributed by atoms with van der Waals surface area (Å²) in [5.74, 6) is 2.01. The van der Waals surface area contributed by atoms with Crippen LogP contribution in [0.25, 0.3) is 11.0 Å². The Morgan fingerprint density at radius 2 is 2.41 bits per heavy atom. The van der Waals surface area contributed by atoms with Crippen molar-refractivity contribution in [3.05, 3.63) is 24.0 Å². The summed E-state index contributed by atoms with van der Waals surface area (Å²) in [5, 5.41) is 13.0. The Kier molecular flexibility index (Phi) is 2.52. The van der Waals surface area contributed by atoms with Gasteiger partial charge >= 0.3 is 0 Å². The highest BCUT2D eigenvalue weighted by Gasteiger charge is 2.17. The highest BCUT2D eigenvalue weighted by molar-refractivity contribution is 5.77. The van der Waals surface area contributed by atoms with E-state index >= 15 is 0 Å². The van der Waals surface area contributed by atoms with E-state index in [-0.39, 0.29) is 0 Å². The molecule has 1 saturated heterocycles. The summed E-state index contributed by atoms with van der Waals surface area (Å²) in [4.78, 5) is 4.53. The van der Waals surface area contributed by atoms with Gasteiger partial charge in [0.05, 0.1) is 11.0 Å². The van der Waals surface area contributed by atoms with Crippen LogP contribution in [0.3, 0.4) is 0 Å². The molecule has 3 rings (SSSR count). The molecule has 90 valence electrons. The number of hydrogen-bond donors (Lipinski definition) is 2. The lowest BCUT2D eigenvalue weighted by Gasteiger charge is -2.12. The minimum atomic E-state index is 0.309. The number of rotatable bonds is 2. The third kappa shape index (κ3) is 1.89. The number of hydrogen-bond acceptors (Lipinski definition) is 3. The number of benzene rings is 1. The van der Waals surface area contributed by atoms with Crippen LogP contribution in [-0.2, 0) is 6.54 Å². The molecule has 2 heterocycles. The van der Waals surface area contributed by atoms with Crippen molar-refractivity contribution in [2.45, 2.75) is 19.9 Å². The molecule has 1 aromatic heterocycles. The molecule has 0 radical (unpaired) electrons. The highest BCUT2D eigenvalue weighted by atomic mass is 16.3. The van der Waals surface area contributed by atoms with E-state index in [9.17, 15) is 5.11 Å². The van der Waals surface area contributed by atoms with Crippen LogP contribution >= 0.6 is 0 Å². The number of phenolic OH excluding ortho intramolecular Hbond substituents is 1. The van der Waals surface area contributed by atoms with Crippen LogP contribution in [0.15, 0.2) is 18.2 Å². The Bertz CT molecular complexity index is 541. The molecule has 0 amide bonds. The molecule has 1 unspecified atom stereocenters. The first kappa shape index (κ1) is 10.6. The smallest absolute Gasteiger partial charge is 0.117 e. The molecule has 1 aliphatic rings. The van der Waals surface area contributed by atoms with Gasteiger partial charge in [-0.25, -0.2) is 4.98 Å². The van der Waals surface area contributed by atoms with Crippen molar-refractivity contribution in [3.63, 3.8) is 0 Å². The van der Waals surface area contributed by atoms with Gasteiger partial charge in [0.2, 0.25) is 0 Å². The average molecular weight is 231 g/mol. The van der Waals surface area contributed by atoms with Gasteiger partial charge in [0.1, 0.15) is 11.6 Å². The number of fused-ring (bicyclic) bond motifs is 1. The molecule has 1 aromatic carbocycles. The predicted molar refractivity (Wildman–Crippen MR) is 67.1 cm³/mol. The molecule has 4 heteroatoms. The Morgan fingerprint density at radius 1 is 1.53 bits per heavy atom. The number of aryl methyl sites for hydroxylation is 1. The lowest BCUT2D eigenvalue weighted by Crippen LogP contribution is -2.15. The van der Waals surface area contributed by atoms with Gasteiger partial charge < -0.3 is 15.0 Å². The van der Waals surface area contributed by atoms with Crippen LogP contribution in [-0.4, -0.2) is 27.7 Å². The summed E-state index contributed by atoms with van der Waals surface area (Å²) in [6.45, 7) is 5.21. The van der Waals surface area contributed by atoms with E-state index < -0.39 is 0 Å². The van der Waals surface area contributed by atoms with Gasteiger partial charge in [-0.3, -0.25) is 0 Å². The molecular weight excluding hydrogens is 214 g/mol. The maximum absolute atomic E-state index is 9.57. The van der Waals surface area contributed by atoms with Crippen LogP contribution in [0.2, 0.25) is 0 Å². The zero-order valence-corrected chi connectivity index (χ0v) is 9.98. The molecule has 0 saturated carbocycles. The number of aromatic nitrogens is 2. The van der Waals surface area contributed by atoms with Crippen molar-refractivity contribution in [2.24, 2.45) is 5.92 Å². The minimum absolute atomic E-state index is 0.309. The fourth-order valence-electron chi connectivity index (χ4n) is 2.59. The average Bonchev–Trinajstić information content (AvgIpc) is 2.90. The summed E-state index contributed by atoms with van der Waals surface area (Å²) in [5.41, 5.74) is 2.00. The number of nitrogens with zero attached hydrogens (tertiary/aromatic N) is 2. The lowest BCUT2D eigenvalue weighted by atomic mass is 10.1. The number of phenols is 1. The summed E-state index contributed by atoms with van der Waals surface area (Å²) >= 11 is 0. The molecule has 0 spiro atoms. The molecule has 2 N–H and O–H groups in total. The van der Waals surface area contributed by atoms with E-state index in [0.717, 1.165) is 36.5 Å². The van der Waals surface area contributed by atoms with Gasteiger partial charge in [-0.2, -0.15) is 0 Å². The Labute approximate surface area is 100 Å².